The average molecular weight is 330 g/mol. The summed E-state index contributed by atoms with van der Waals surface area (Å²) in [6.07, 6.45) is 6.81. The van der Waals surface area contributed by atoms with Gasteiger partial charge in [-0.2, -0.15) is 0 Å². The zero-order valence-electron chi connectivity index (χ0n) is 11.4. The van der Waals surface area contributed by atoms with E-state index in [2.05, 4.69) is 46.5 Å². The van der Waals surface area contributed by atoms with Crippen molar-refractivity contribution in [3.63, 3.8) is 0 Å². The third kappa shape index (κ3) is 3.82. The molecule has 0 spiro atoms. The summed E-state index contributed by atoms with van der Waals surface area (Å²) in [5, 5.41) is 6.09. The van der Waals surface area contributed by atoms with Gasteiger partial charge in [0.1, 0.15) is 0 Å². The summed E-state index contributed by atoms with van der Waals surface area (Å²) in [5.41, 5.74) is 1.49. The molecule has 0 aromatic carbocycles. The minimum absolute atomic E-state index is 0.565. The van der Waals surface area contributed by atoms with E-state index in [1.165, 1.54) is 41.5 Å². The molecule has 1 aromatic rings. The van der Waals surface area contributed by atoms with Crippen molar-refractivity contribution >= 4 is 27.3 Å². The SMILES string of the molecule is CCCNC(c1csc(Br)c1)C1CCCC(C)C1. The van der Waals surface area contributed by atoms with Crippen LogP contribution < -0.4 is 5.32 Å². The first-order chi connectivity index (χ1) is 8.70. The third-order valence-corrected chi connectivity index (χ3v) is 5.53. The Bertz CT molecular complexity index is 363. The van der Waals surface area contributed by atoms with Crippen LogP contribution in [0, 0.1) is 11.8 Å². The van der Waals surface area contributed by atoms with Crippen molar-refractivity contribution in [3.8, 4) is 0 Å². The van der Waals surface area contributed by atoms with Crippen molar-refractivity contribution in [1.29, 1.82) is 0 Å². The van der Waals surface area contributed by atoms with Gasteiger partial charge in [-0.15, -0.1) is 11.3 Å². The second-order valence-corrected chi connectivity index (χ2v) is 7.94. The van der Waals surface area contributed by atoms with E-state index >= 15 is 0 Å². The monoisotopic (exact) mass is 329 g/mol. The van der Waals surface area contributed by atoms with Crippen LogP contribution in [0.3, 0.4) is 0 Å². The molecule has 3 atom stereocenters. The van der Waals surface area contributed by atoms with E-state index in [-0.39, 0.29) is 0 Å². The maximum atomic E-state index is 3.78. The van der Waals surface area contributed by atoms with Gasteiger partial charge in [-0.25, -0.2) is 0 Å². The van der Waals surface area contributed by atoms with Gasteiger partial charge in [0.05, 0.1) is 3.79 Å². The molecule has 1 N–H and O–H groups in total. The topological polar surface area (TPSA) is 12.0 Å². The first kappa shape index (κ1) is 14.5. The van der Waals surface area contributed by atoms with E-state index in [4.69, 9.17) is 0 Å². The third-order valence-electron chi connectivity index (χ3n) is 4.01. The van der Waals surface area contributed by atoms with Crippen LogP contribution in [0.5, 0.6) is 0 Å². The lowest BCUT2D eigenvalue weighted by Gasteiger charge is -2.33. The van der Waals surface area contributed by atoms with Gasteiger partial charge in [0, 0.05) is 6.04 Å². The van der Waals surface area contributed by atoms with Crippen molar-refractivity contribution in [2.45, 2.75) is 52.0 Å². The molecule has 1 aromatic heterocycles. The highest BCUT2D eigenvalue weighted by atomic mass is 79.9. The summed E-state index contributed by atoms with van der Waals surface area (Å²) in [6.45, 7) is 5.78. The highest BCUT2D eigenvalue weighted by Gasteiger charge is 2.27. The van der Waals surface area contributed by atoms with Crippen LogP contribution in [0.4, 0.5) is 0 Å². The molecule has 0 amide bonds. The van der Waals surface area contributed by atoms with Gasteiger partial charge in [0.15, 0.2) is 0 Å². The number of halogens is 1. The van der Waals surface area contributed by atoms with Crippen molar-refractivity contribution in [2.24, 2.45) is 11.8 Å². The second-order valence-electron chi connectivity index (χ2n) is 5.65. The van der Waals surface area contributed by atoms with E-state index in [1.54, 1.807) is 0 Å². The number of thiophene rings is 1. The molecule has 2 rings (SSSR count). The summed E-state index contributed by atoms with van der Waals surface area (Å²) in [5.74, 6) is 1.72. The van der Waals surface area contributed by atoms with E-state index in [0.29, 0.717) is 6.04 Å². The fourth-order valence-electron chi connectivity index (χ4n) is 3.13. The molecular formula is C15H24BrNS. The second kappa shape index (κ2) is 7.06. The largest absolute Gasteiger partial charge is 0.310 e. The molecule has 0 saturated heterocycles. The Morgan fingerprint density at radius 3 is 2.94 bits per heavy atom. The number of hydrogen-bond acceptors (Lipinski definition) is 2. The van der Waals surface area contributed by atoms with Crippen LogP contribution in [0.15, 0.2) is 15.2 Å². The zero-order valence-corrected chi connectivity index (χ0v) is 13.8. The highest BCUT2D eigenvalue weighted by molar-refractivity contribution is 9.11. The summed E-state index contributed by atoms with van der Waals surface area (Å²) in [7, 11) is 0. The predicted octanol–water partition coefficient (Wildman–Crippen LogP) is 5.38. The van der Waals surface area contributed by atoms with Gasteiger partial charge in [0.25, 0.3) is 0 Å². The number of rotatable bonds is 5. The molecule has 1 heterocycles. The Morgan fingerprint density at radius 1 is 1.50 bits per heavy atom. The maximum Gasteiger partial charge on any atom is 0.0701 e. The first-order valence-electron chi connectivity index (χ1n) is 7.18. The number of nitrogens with one attached hydrogen (secondary N) is 1. The predicted molar refractivity (Wildman–Crippen MR) is 84.2 cm³/mol. The quantitative estimate of drug-likeness (QED) is 0.764. The van der Waals surface area contributed by atoms with Crippen LogP contribution in [-0.2, 0) is 0 Å². The fourth-order valence-corrected chi connectivity index (χ4v) is 4.34. The first-order valence-corrected chi connectivity index (χ1v) is 8.85. The van der Waals surface area contributed by atoms with Gasteiger partial charge in [-0.1, -0.05) is 26.7 Å². The van der Waals surface area contributed by atoms with Crippen molar-refractivity contribution < 1.29 is 0 Å². The lowest BCUT2D eigenvalue weighted by molar-refractivity contribution is 0.224. The Balaban J connectivity index is 2.08. The normalized spacial score (nSPS) is 26.2. The highest BCUT2D eigenvalue weighted by Crippen LogP contribution is 2.39. The lowest BCUT2D eigenvalue weighted by atomic mass is 9.77. The molecule has 1 fully saturated rings. The molecule has 1 aliphatic rings. The number of hydrogen-bond donors (Lipinski definition) is 1. The van der Waals surface area contributed by atoms with Crippen LogP contribution in [-0.4, -0.2) is 6.54 Å². The van der Waals surface area contributed by atoms with Gasteiger partial charge in [-0.05, 0) is 70.6 Å². The summed E-state index contributed by atoms with van der Waals surface area (Å²) >= 11 is 5.40. The lowest BCUT2D eigenvalue weighted by Crippen LogP contribution is -2.31. The van der Waals surface area contributed by atoms with Gasteiger partial charge < -0.3 is 5.32 Å². The van der Waals surface area contributed by atoms with Gasteiger partial charge in [-0.3, -0.25) is 0 Å². The molecule has 0 radical (unpaired) electrons. The summed E-state index contributed by atoms with van der Waals surface area (Å²) in [4.78, 5) is 0. The van der Waals surface area contributed by atoms with Crippen LogP contribution in [0.1, 0.15) is 57.6 Å². The molecule has 0 bridgehead atoms. The minimum Gasteiger partial charge on any atom is -0.310 e. The van der Waals surface area contributed by atoms with Crippen LogP contribution in [0.2, 0.25) is 0 Å². The molecule has 102 valence electrons. The minimum atomic E-state index is 0.565. The van der Waals surface area contributed by atoms with Crippen molar-refractivity contribution in [2.75, 3.05) is 6.54 Å². The molecule has 3 heteroatoms. The Kier molecular flexibility index (Phi) is 5.71. The van der Waals surface area contributed by atoms with E-state index in [1.807, 2.05) is 11.3 Å². The van der Waals surface area contributed by atoms with Gasteiger partial charge >= 0.3 is 0 Å². The molecule has 1 saturated carbocycles. The smallest absolute Gasteiger partial charge is 0.0701 e. The van der Waals surface area contributed by atoms with E-state index in [9.17, 15) is 0 Å². The molecule has 1 nitrogen and oxygen atoms in total. The van der Waals surface area contributed by atoms with Crippen LogP contribution in [0.25, 0.3) is 0 Å². The van der Waals surface area contributed by atoms with Crippen molar-refractivity contribution in [3.05, 3.63) is 20.8 Å². The van der Waals surface area contributed by atoms with E-state index in [0.717, 1.165) is 18.4 Å². The molecule has 1 aliphatic carbocycles. The molecule has 18 heavy (non-hydrogen) atoms. The maximum absolute atomic E-state index is 3.78. The van der Waals surface area contributed by atoms with Crippen molar-refractivity contribution in [1.82, 2.24) is 5.32 Å². The fraction of sp³-hybridized carbons (Fsp3) is 0.733. The Labute approximate surface area is 123 Å². The summed E-state index contributed by atoms with van der Waals surface area (Å²) < 4.78 is 1.25. The van der Waals surface area contributed by atoms with E-state index < -0.39 is 0 Å². The molecular weight excluding hydrogens is 306 g/mol. The standard InChI is InChI=1S/C15H24BrNS/c1-3-7-17-15(13-9-14(16)18-10-13)12-6-4-5-11(2)8-12/h9-12,15,17H,3-8H2,1-2H3. The van der Waals surface area contributed by atoms with Gasteiger partial charge in [0.2, 0.25) is 0 Å². The Morgan fingerprint density at radius 2 is 2.33 bits per heavy atom. The summed E-state index contributed by atoms with van der Waals surface area (Å²) in [6, 6.07) is 2.87. The average Bonchev–Trinajstić information content (AvgIpc) is 2.76. The van der Waals surface area contributed by atoms with Crippen LogP contribution >= 0.6 is 27.3 Å². The zero-order chi connectivity index (χ0) is 13.0. The Hall–Kier alpha value is 0.140. The molecule has 0 aliphatic heterocycles. The molecule has 3 unspecified atom stereocenters.